The van der Waals surface area contributed by atoms with E-state index in [0.717, 1.165) is 0 Å². The van der Waals surface area contributed by atoms with Crippen molar-refractivity contribution in [2.45, 2.75) is 61.4 Å². The molecule has 0 rings (SSSR count). The van der Waals surface area contributed by atoms with Gasteiger partial charge in [0, 0.05) is 0 Å². The van der Waals surface area contributed by atoms with Gasteiger partial charge in [0.05, 0.1) is 11.5 Å². The predicted octanol–water partition coefficient (Wildman–Crippen LogP) is 3.45. The van der Waals surface area contributed by atoms with Crippen molar-refractivity contribution < 1.29 is 19.1 Å². The van der Waals surface area contributed by atoms with Gasteiger partial charge in [-0.3, -0.25) is 9.59 Å². The van der Waals surface area contributed by atoms with Crippen LogP contribution in [0.15, 0.2) is 0 Å². The van der Waals surface area contributed by atoms with Crippen LogP contribution >= 0.6 is 25.3 Å². The molecule has 0 aromatic carbocycles. The summed E-state index contributed by atoms with van der Waals surface area (Å²) in [6.45, 7) is 6.27. The Morgan fingerprint density at radius 3 is 1.91 bits per heavy atom. The van der Waals surface area contributed by atoms with Crippen molar-refractivity contribution >= 4 is 58.3 Å². The average molecular weight is 457 g/mol. The molecule has 22 heavy (non-hydrogen) atoms. The van der Waals surface area contributed by atoms with Gasteiger partial charge in [-0.2, -0.15) is 25.3 Å². The number of unbranched alkanes of at least 4 members (excludes halogenated alkanes) is 2. The fourth-order valence-corrected chi connectivity index (χ4v) is 5.60. The Hall–Kier alpha value is 0.439. The van der Waals surface area contributed by atoms with Crippen LogP contribution in [0.4, 0.5) is 0 Å². The van der Waals surface area contributed by atoms with Crippen molar-refractivity contribution in [1.29, 1.82) is 0 Å². The van der Waals surface area contributed by atoms with Crippen molar-refractivity contribution in [2.75, 3.05) is 18.1 Å². The molecule has 0 fully saturated rings. The fourth-order valence-electron chi connectivity index (χ4n) is 1.28. The van der Waals surface area contributed by atoms with Gasteiger partial charge in [0.1, 0.15) is 12.7 Å². The minimum absolute atomic E-state index is 0.0187. The maximum absolute atomic E-state index is 10.7. The molecule has 4 nitrogen and oxygen atoms in total. The van der Waals surface area contributed by atoms with Crippen LogP contribution in [0.1, 0.15) is 46.5 Å². The molecule has 0 N–H and O–H groups in total. The molecule has 0 aromatic rings. The quantitative estimate of drug-likeness (QED) is 0.216. The van der Waals surface area contributed by atoms with Crippen LogP contribution in [-0.4, -0.2) is 57.3 Å². The molecule has 0 aliphatic carbocycles. The van der Waals surface area contributed by atoms with Gasteiger partial charge in [-0.1, -0.05) is 0 Å². The molecular weight excluding hydrogens is 427 g/mol. The Kier molecular flexibility index (Phi) is 21.9. The van der Waals surface area contributed by atoms with E-state index in [1.807, 2.05) is 0 Å². The number of thiol groups is 2. The predicted molar refractivity (Wildman–Crippen MR) is 99.4 cm³/mol. The number of hydrogen-bond donors (Lipinski definition) is 2. The third-order valence-electron chi connectivity index (χ3n) is 2.48. The van der Waals surface area contributed by atoms with Crippen molar-refractivity contribution in [3.63, 3.8) is 0 Å². The Morgan fingerprint density at radius 2 is 1.50 bits per heavy atom. The van der Waals surface area contributed by atoms with E-state index in [0.29, 0.717) is 0 Å². The van der Waals surface area contributed by atoms with Gasteiger partial charge in [-0.15, -0.1) is 0 Å². The van der Waals surface area contributed by atoms with Crippen LogP contribution in [-0.2, 0) is 19.1 Å². The molecule has 0 radical (unpaired) electrons. The van der Waals surface area contributed by atoms with Crippen LogP contribution in [0.25, 0.3) is 0 Å². The number of esters is 2. The summed E-state index contributed by atoms with van der Waals surface area (Å²) in [7, 11) is 0. The molecule has 0 spiro atoms. The zero-order valence-corrected chi connectivity index (χ0v) is 18.6. The maximum atomic E-state index is 10.7. The summed E-state index contributed by atoms with van der Waals surface area (Å²) in [5.74, 6) is -0.826. The molecule has 1 unspecified atom stereocenters. The SMILES string of the molecule is CC(COC(=O)CS)OC(=O)CS.CCC[CH2][Sn+2][CH2]CCC. The standard InChI is InChI=1S/C7H12O4S2.2C4H9.Sn/c1-5(11-7(9)4-13)2-10-6(8)3-12;2*1-3-4-2;/h5,12-13H,2-4H2,1H3;2*1,3-4H2,2H3;/q;;;+2. The molecule has 128 valence electrons. The van der Waals surface area contributed by atoms with Gasteiger partial charge in [0.15, 0.2) is 0 Å². The molecule has 0 bridgehead atoms. The van der Waals surface area contributed by atoms with E-state index in [4.69, 9.17) is 4.74 Å². The summed E-state index contributed by atoms with van der Waals surface area (Å²) in [5.41, 5.74) is 0. The number of ether oxygens (including phenoxy) is 2. The molecular formula is C15H30O4S2Sn+2. The molecule has 0 aliphatic heterocycles. The zero-order chi connectivity index (χ0) is 17.2. The number of rotatable bonds is 11. The fraction of sp³-hybridized carbons (Fsp3) is 0.867. The first-order chi connectivity index (χ1) is 10.5. The van der Waals surface area contributed by atoms with Crippen LogP contribution in [0.2, 0.25) is 8.87 Å². The van der Waals surface area contributed by atoms with E-state index in [-0.39, 0.29) is 39.3 Å². The summed E-state index contributed by atoms with van der Waals surface area (Å²) in [6, 6.07) is 0. The number of carbonyl (C=O) groups excluding carboxylic acids is 2. The Morgan fingerprint density at radius 1 is 1.00 bits per heavy atom. The monoisotopic (exact) mass is 458 g/mol. The number of hydrogen-bond acceptors (Lipinski definition) is 6. The summed E-state index contributed by atoms with van der Waals surface area (Å²) in [4.78, 5) is 21.3. The third-order valence-corrected chi connectivity index (χ3v) is 7.04. The molecule has 0 amide bonds. The Labute approximate surface area is 156 Å². The van der Waals surface area contributed by atoms with Crippen LogP contribution < -0.4 is 0 Å². The summed E-state index contributed by atoms with van der Waals surface area (Å²) in [6.07, 6.45) is 5.40. The Bertz CT molecular complexity index is 272. The summed E-state index contributed by atoms with van der Waals surface area (Å²) < 4.78 is 12.7. The second-order valence-corrected chi connectivity index (χ2v) is 9.67. The molecule has 0 aromatic heterocycles. The van der Waals surface area contributed by atoms with Gasteiger partial charge >= 0.3 is 81.5 Å². The van der Waals surface area contributed by atoms with Crippen molar-refractivity contribution in [3.8, 4) is 0 Å². The van der Waals surface area contributed by atoms with Gasteiger partial charge in [-0.05, 0) is 6.92 Å². The van der Waals surface area contributed by atoms with E-state index in [2.05, 4.69) is 43.8 Å². The first kappa shape index (κ1) is 24.7. The third kappa shape index (κ3) is 20.4. The van der Waals surface area contributed by atoms with Crippen molar-refractivity contribution in [1.82, 2.24) is 0 Å². The zero-order valence-electron chi connectivity index (χ0n) is 14.0. The van der Waals surface area contributed by atoms with E-state index in [9.17, 15) is 9.59 Å². The normalized spacial score (nSPS) is 10.8. The van der Waals surface area contributed by atoms with Gasteiger partial charge in [-0.25, -0.2) is 0 Å². The van der Waals surface area contributed by atoms with E-state index >= 15 is 0 Å². The van der Waals surface area contributed by atoms with Crippen molar-refractivity contribution in [3.05, 3.63) is 0 Å². The minimum atomic E-state index is -0.441. The first-order valence-electron chi connectivity index (χ1n) is 7.79. The number of carbonyl (C=O) groups is 2. The molecule has 0 saturated heterocycles. The van der Waals surface area contributed by atoms with Gasteiger partial charge in [0.2, 0.25) is 0 Å². The van der Waals surface area contributed by atoms with E-state index in [1.54, 1.807) is 15.8 Å². The second kappa shape index (κ2) is 19.5. The molecule has 0 aliphatic rings. The molecule has 1 atom stereocenters. The van der Waals surface area contributed by atoms with Crippen molar-refractivity contribution in [2.24, 2.45) is 0 Å². The van der Waals surface area contributed by atoms with Crippen LogP contribution in [0.5, 0.6) is 0 Å². The Balaban J connectivity index is 0. The van der Waals surface area contributed by atoms with Crippen LogP contribution in [0, 0.1) is 0 Å². The van der Waals surface area contributed by atoms with E-state index in [1.165, 1.54) is 25.7 Å². The van der Waals surface area contributed by atoms with Crippen LogP contribution in [0.3, 0.4) is 0 Å². The van der Waals surface area contributed by atoms with Gasteiger partial charge < -0.3 is 9.47 Å². The first-order valence-corrected chi connectivity index (χ1v) is 13.1. The molecule has 0 heterocycles. The summed E-state index contributed by atoms with van der Waals surface area (Å²) >= 11 is 7.58. The molecule has 7 heteroatoms. The topological polar surface area (TPSA) is 52.6 Å². The molecule has 0 saturated carbocycles. The average Bonchev–Trinajstić information content (AvgIpc) is 2.53. The van der Waals surface area contributed by atoms with E-state index < -0.39 is 18.0 Å². The van der Waals surface area contributed by atoms with Gasteiger partial charge in [0.25, 0.3) is 0 Å². The summed E-state index contributed by atoms with van der Waals surface area (Å²) in [5, 5.41) is 0. The second-order valence-electron chi connectivity index (χ2n) is 4.76.